The van der Waals surface area contributed by atoms with E-state index in [2.05, 4.69) is 9.46 Å². The molecule has 0 fully saturated rings. The number of ether oxygens (including phenoxy) is 1. The molecule has 0 heterocycles. The summed E-state index contributed by atoms with van der Waals surface area (Å²) in [7, 11) is 1.18. The fraction of sp³-hybridized carbons (Fsp3) is 0.533. The third-order valence-electron chi connectivity index (χ3n) is 3.44. The first-order valence-electron chi connectivity index (χ1n) is 7.23. The van der Waals surface area contributed by atoms with Crippen molar-refractivity contribution >= 4 is 34.6 Å². The molecule has 0 amide bonds. The van der Waals surface area contributed by atoms with E-state index < -0.39 is 49.1 Å². The number of hydrogen-bond acceptors (Lipinski definition) is 6. The third kappa shape index (κ3) is 5.04. The molecule has 1 aromatic rings. The molecule has 0 aliphatic rings. The molecule has 0 unspecified atom stereocenters. The van der Waals surface area contributed by atoms with Gasteiger partial charge in [0.05, 0.1) is 24.0 Å². The van der Waals surface area contributed by atoms with Gasteiger partial charge in [0.2, 0.25) is 5.82 Å². The Labute approximate surface area is 153 Å². The molecule has 0 bridgehead atoms. The standard InChI is InChI=1S/C15H20ClFN2O5S/c1-14(2,3)25(23)18-15(4,8-11(20)24-5)9-6-7-10(17)13(12(9)16)19(21)22/h6-7,18H,8H2,1-5H3/t15-,25+/m0/s1. The Balaban J connectivity index is 3.50. The highest BCUT2D eigenvalue weighted by Gasteiger charge is 2.42. The quantitative estimate of drug-likeness (QED) is 0.344. The van der Waals surface area contributed by atoms with Gasteiger partial charge in [0.25, 0.3) is 0 Å². The van der Waals surface area contributed by atoms with E-state index in [9.17, 15) is 23.9 Å². The Morgan fingerprint density at radius 2 is 1.96 bits per heavy atom. The number of hydrogen-bond donors (Lipinski definition) is 1. The molecule has 1 aromatic carbocycles. The molecule has 0 spiro atoms. The van der Waals surface area contributed by atoms with Gasteiger partial charge in [-0.2, -0.15) is 4.39 Å². The predicted octanol–water partition coefficient (Wildman–Crippen LogP) is 3.22. The van der Waals surface area contributed by atoms with Gasteiger partial charge in [-0.25, -0.2) is 0 Å². The monoisotopic (exact) mass is 394 g/mol. The summed E-state index contributed by atoms with van der Waals surface area (Å²) >= 11 is 4.41. The van der Waals surface area contributed by atoms with Gasteiger partial charge in [-0.15, -0.1) is 4.72 Å². The molecule has 2 atom stereocenters. The molecule has 1 rings (SSSR count). The fourth-order valence-corrected chi connectivity index (χ4v) is 3.37. The fourth-order valence-electron chi connectivity index (χ4n) is 2.04. The van der Waals surface area contributed by atoms with Gasteiger partial charge < -0.3 is 9.29 Å². The number of benzene rings is 1. The molecule has 1 N–H and O–H groups in total. The van der Waals surface area contributed by atoms with E-state index >= 15 is 0 Å². The zero-order valence-electron chi connectivity index (χ0n) is 14.5. The maximum Gasteiger partial charge on any atom is 0.323 e. The number of rotatable bonds is 6. The van der Waals surface area contributed by atoms with Crippen molar-refractivity contribution in [2.24, 2.45) is 0 Å². The van der Waals surface area contributed by atoms with Crippen LogP contribution in [0.4, 0.5) is 10.1 Å². The van der Waals surface area contributed by atoms with Crippen molar-refractivity contribution < 1.29 is 23.4 Å². The van der Waals surface area contributed by atoms with Gasteiger partial charge in [0.1, 0.15) is 9.77 Å². The summed E-state index contributed by atoms with van der Waals surface area (Å²) in [4.78, 5) is 22.0. The van der Waals surface area contributed by atoms with Crippen LogP contribution in [0.5, 0.6) is 0 Å². The highest BCUT2D eigenvalue weighted by molar-refractivity contribution is 7.90. The Kier molecular flexibility index (Phi) is 6.80. The van der Waals surface area contributed by atoms with Gasteiger partial charge >= 0.3 is 11.7 Å². The number of nitrogens with one attached hydrogen (secondary N) is 1. The normalized spacial score (nSPS) is 15.4. The average molecular weight is 395 g/mol. The van der Waals surface area contributed by atoms with E-state index in [0.29, 0.717) is 0 Å². The van der Waals surface area contributed by atoms with E-state index in [1.54, 1.807) is 20.8 Å². The lowest BCUT2D eigenvalue weighted by atomic mass is 9.89. The minimum absolute atomic E-state index is 0.0743. The average Bonchev–Trinajstić information content (AvgIpc) is 2.45. The summed E-state index contributed by atoms with van der Waals surface area (Å²) in [5.41, 5.74) is -2.20. The molecule has 0 aliphatic heterocycles. The Bertz CT molecular complexity index is 683. The number of esters is 1. The van der Waals surface area contributed by atoms with Crippen molar-refractivity contribution in [1.82, 2.24) is 4.72 Å². The highest BCUT2D eigenvalue weighted by atomic mass is 35.5. The summed E-state index contributed by atoms with van der Waals surface area (Å²) < 4.78 is 33.0. The number of nitro groups is 1. The highest BCUT2D eigenvalue weighted by Crippen LogP contribution is 2.39. The zero-order valence-corrected chi connectivity index (χ0v) is 16.1. The van der Waals surface area contributed by atoms with E-state index in [0.717, 1.165) is 6.07 Å². The first-order valence-corrected chi connectivity index (χ1v) is 8.75. The second-order valence-corrected chi connectivity index (χ2v) is 8.93. The van der Waals surface area contributed by atoms with Crippen LogP contribution in [0.15, 0.2) is 12.1 Å². The summed E-state index contributed by atoms with van der Waals surface area (Å²) in [5.74, 6) is -1.75. The second-order valence-electron chi connectivity index (χ2n) is 6.58. The van der Waals surface area contributed by atoms with Crippen molar-refractivity contribution in [2.75, 3.05) is 7.11 Å². The molecule has 7 nitrogen and oxygen atoms in total. The zero-order chi connectivity index (χ0) is 19.6. The predicted molar refractivity (Wildman–Crippen MR) is 93.1 cm³/mol. The van der Waals surface area contributed by atoms with Gasteiger partial charge in [-0.05, 0) is 33.8 Å². The summed E-state index contributed by atoms with van der Waals surface area (Å²) in [6.45, 7) is 6.63. The number of nitro benzene ring substituents is 1. The number of nitrogens with zero attached hydrogens (tertiary/aromatic N) is 1. The van der Waals surface area contributed by atoms with Gasteiger partial charge in [-0.3, -0.25) is 14.9 Å². The Morgan fingerprint density at radius 3 is 2.40 bits per heavy atom. The Morgan fingerprint density at radius 1 is 1.40 bits per heavy atom. The van der Waals surface area contributed by atoms with Crippen LogP contribution in [0, 0.1) is 15.9 Å². The first-order chi connectivity index (χ1) is 11.3. The maximum atomic E-state index is 13.8. The number of methoxy groups -OCH3 is 1. The van der Waals surface area contributed by atoms with Crippen molar-refractivity contribution in [3.63, 3.8) is 0 Å². The molecule has 0 aliphatic carbocycles. The summed E-state index contributed by atoms with van der Waals surface area (Å²) in [5, 5.41) is 10.6. The summed E-state index contributed by atoms with van der Waals surface area (Å²) in [6.07, 6.45) is -0.312. The molecule has 140 valence electrons. The minimum Gasteiger partial charge on any atom is -0.598 e. The van der Waals surface area contributed by atoms with Crippen LogP contribution >= 0.6 is 11.6 Å². The second kappa shape index (κ2) is 7.86. The largest absolute Gasteiger partial charge is 0.598 e. The van der Waals surface area contributed by atoms with Crippen molar-refractivity contribution in [3.8, 4) is 0 Å². The van der Waals surface area contributed by atoms with Crippen LogP contribution in [0.1, 0.15) is 39.7 Å². The molecule has 0 saturated heterocycles. The van der Waals surface area contributed by atoms with Crippen molar-refractivity contribution in [1.29, 1.82) is 0 Å². The van der Waals surface area contributed by atoms with E-state index in [4.69, 9.17) is 11.6 Å². The lowest BCUT2D eigenvalue weighted by molar-refractivity contribution is -0.387. The summed E-state index contributed by atoms with van der Waals surface area (Å²) in [6, 6.07) is 2.11. The van der Waals surface area contributed by atoms with Crippen molar-refractivity contribution in [3.05, 3.63) is 38.7 Å². The number of carbonyl (C=O) groups is 1. The smallest absolute Gasteiger partial charge is 0.323 e. The molecular weight excluding hydrogens is 375 g/mol. The SMILES string of the molecule is COC(=O)C[C@](C)(N[S@+]([O-])C(C)(C)C)c1ccc(F)c([N+](=O)[O-])c1Cl. The van der Waals surface area contributed by atoms with Crippen LogP contribution in [0.2, 0.25) is 5.02 Å². The molecular formula is C15H20ClFN2O5S. The van der Waals surface area contributed by atoms with Crippen LogP contribution in [0.3, 0.4) is 0 Å². The topological polar surface area (TPSA) is 105 Å². The number of halogens is 2. The molecule has 0 aromatic heterocycles. The Hall–Kier alpha value is -1.42. The molecule has 25 heavy (non-hydrogen) atoms. The maximum absolute atomic E-state index is 13.8. The lowest BCUT2D eigenvalue weighted by Gasteiger charge is -2.34. The van der Waals surface area contributed by atoms with Crippen molar-refractivity contribution in [2.45, 2.75) is 44.4 Å². The van der Waals surface area contributed by atoms with Gasteiger partial charge in [-0.1, -0.05) is 17.7 Å². The van der Waals surface area contributed by atoms with Crippen LogP contribution < -0.4 is 4.72 Å². The lowest BCUT2D eigenvalue weighted by Crippen LogP contribution is -2.51. The molecule has 0 radical (unpaired) electrons. The van der Waals surface area contributed by atoms with Crippen LogP contribution in [-0.2, 0) is 26.4 Å². The number of carbonyl (C=O) groups excluding carboxylic acids is 1. The van der Waals surface area contributed by atoms with E-state index in [-0.39, 0.29) is 12.0 Å². The van der Waals surface area contributed by atoms with Crippen LogP contribution in [-0.4, -0.2) is 27.3 Å². The first kappa shape index (κ1) is 21.6. The van der Waals surface area contributed by atoms with E-state index in [1.807, 2.05) is 0 Å². The molecule has 0 saturated carbocycles. The van der Waals surface area contributed by atoms with Gasteiger partial charge in [0.15, 0.2) is 0 Å². The third-order valence-corrected chi connectivity index (χ3v) is 5.57. The molecule has 10 heteroatoms. The van der Waals surface area contributed by atoms with Crippen LogP contribution in [0.25, 0.3) is 0 Å². The van der Waals surface area contributed by atoms with Gasteiger partial charge in [0, 0.05) is 16.9 Å². The van der Waals surface area contributed by atoms with E-state index in [1.165, 1.54) is 20.1 Å². The minimum atomic E-state index is -1.64.